The predicted octanol–water partition coefficient (Wildman–Crippen LogP) is 4.55. The molecule has 20 heavy (non-hydrogen) atoms. The first-order valence-corrected chi connectivity index (χ1v) is 7.00. The zero-order chi connectivity index (χ0) is 13.9. The van der Waals surface area contributed by atoms with Crippen LogP contribution in [0.5, 0.6) is 0 Å². The van der Waals surface area contributed by atoms with Crippen LogP contribution in [0.25, 0.3) is 5.57 Å². The monoisotopic (exact) mass is 261 g/mol. The Morgan fingerprint density at radius 3 is 1.95 bits per heavy atom. The van der Waals surface area contributed by atoms with Gasteiger partial charge in [0.2, 0.25) is 0 Å². The Morgan fingerprint density at radius 1 is 0.800 bits per heavy atom. The van der Waals surface area contributed by atoms with Crippen molar-refractivity contribution in [3.05, 3.63) is 89.1 Å². The van der Waals surface area contributed by atoms with Crippen LogP contribution in [0.4, 0.5) is 0 Å². The molecule has 0 bridgehead atoms. The maximum atomic E-state index is 3.47. The maximum Gasteiger partial charge on any atom is 0.0696 e. The summed E-state index contributed by atoms with van der Waals surface area (Å²) in [5.41, 5.74) is 6.37. The summed E-state index contributed by atoms with van der Waals surface area (Å²) in [5.74, 6) is 0. The van der Waals surface area contributed by atoms with Crippen LogP contribution >= 0.6 is 0 Å². The molecule has 2 aromatic carbocycles. The van der Waals surface area contributed by atoms with Crippen molar-refractivity contribution in [3.8, 4) is 0 Å². The van der Waals surface area contributed by atoms with Crippen LogP contribution in [-0.4, -0.2) is 0 Å². The Labute approximate surface area is 120 Å². The van der Waals surface area contributed by atoms with Crippen LogP contribution in [0.2, 0.25) is 0 Å². The smallest absolute Gasteiger partial charge is 0.0696 e. The number of benzene rings is 2. The van der Waals surface area contributed by atoms with Crippen LogP contribution in [-0.2, 0) is 0 Å². The molecule has 0 aliphatic carbocycles. The van der Waals surface area contributed by atoms with Gasteiger partial charge in [-0.05, 0) is 30.5 Å². The van der Waals surface area contributed by atoms with Crippen molar-refractivity contribution in [1.82, 2.24) is 5.32 Å². The van der Waals surface area contributed by atoms with E-state index in [0.717, 1.165) is 0 Å². The molecule has 0 amide bonds. The van der Waals surface area contributed by atoms with Crippen molar-refractivity contribution in [2.45, 2.75) is 19.9 Å². The Morgan fingerprint density at radius 2 is 1.40 bits per heavy atom. The lowest BCUT2D eigenvalue weighted by Gasteiger charge is -2.19. The van der Waals surface area contributed by atoms with Crippen molar-refractivity contribution in [3.63, 3.8) is 0 Å². The van der Waals surface area contributed by atoms with E-state index in [9.17, 15) is 0 Å². The number of hydrogen-bond acceptors (Lipinski definition) is 1. The average Bonchev–Trinajstić information content (AvgIpc) is 2.49. The molecule has 1 aliphatic heterocycles. The summed E-state index contributed by atoms with van der Waals surface area (Å²) in [7, 11) is 0. The third-order valence-electron chi connectivity index (χ3n) is 3.71. The normalized spacial score (nSPS) is 17.5. The molecule has 1 heteroatoms. The van der Waals surface area contributed by atoms with Crippen LogP contribution < -0.4 is 5.32 Å². The summed E-state index contributed by atoms with van der Waals surface area (Å²) in [4.78, 5) is 0. The van der Waals surface area contributed by atoms with E-state index in [1.807, 2.05) is 0 Å². The molecule has 0 saturated heterocycles. The second-order valence-corrected chi connectivity index (χ2v) is 5.38. The van der Waals surface area contributed by atoms with Gasteiger partial charge in [-0.15, -0.1) is 0 Å². The van der Waals surface area contributed by atoms with Crippen molar-refractivity contribution < 1.29 is 0 Å². The molecular weight excluding hydrogens is 242 g/mol. The molecule has 0 aromatic heterocycles. The van der Waals surface area contributed by atoms with Gasteiger partial charge in [-0.1, -0.05) is 71.8 Å². The molecule has 0 spiro atoms. The fourth-order valence-corrected chi connectivity index (χ4v) is 2.39. The minimum absolute atomic E-state index is 0.268. The molecule has 1 atom stereocenters. The molecule has 1 unspecified atom stereocenters. The summed E-state index contributed by atoms with van der Waals surface area (Å²) in [6.45, 7) is 4.23. The van der Waals surface area contributed by atoms with Gasteiger partial charge in [0.25, 0.3) is 0 Å². The fourth-order valence-electron chi connectivity index (χ4n) is 2.39. The molecule has 1 nitrogen and oxygen atoms in total. The Bertz CT molecular complexity index is 645. The zero-order valence-electron chi connectivity index (χ0n) is 11.9. The summed E-state index contributed by atoms with van der Waals surface area (Å²) in [6.07, 6.45) is 6.53. The molecule has 2 aromatic rings. The van der Waals surface area contributed by atoms with E-state index in [1.165, 1.54) is 27.8 Å². The van der Waals surface area contributed by atoms with Gasteiger partial charge in [0, 0.05) is 6.20 Å². The Kier molecular flexibility index (Phi) is 3.42. The SMILES string of the molecule is Cc1ccc(C2=CNC(c3ccc(C)cc3)C=C2)cc1. The Balaban J connectivity index is 1.77. The zero-order valence-corrected chi connectivity index (χ0v) is 11.9. The van der Waals surface area contributed by atoms with Crippen molar-refractivity contribution in [1.29, 1.82) is 0 Å². The fraction of sp³-hybridized carbons (Fsp3) is 0.158. The first-order valence-electron chi connectivity index (χ1n) is 7.00. The lowest BCUT2D eigenvalue weighted by Crippen LogP contribution is -2.16. The molecule has 3 rings (SSSR count). The standard InChI is InChI=1S/C19H19N/c1-14-3-7-16(8-4-14)18-11-12-19(20-13-18)17-9-5-15(2)6-10-17/h3-13,19-20H,1-2H3. The first-order chi connectivity index (χ1) is 9.72. The molecular formula is C19H19N. The van der Waals surface area contributed by atoms with Crippen LogP contribution in [0.3, 0.4) is 0 Å². The Hall–Kier alpha value is -2.28. The quantitative estimate of drug-likeness (QED) is 0.836. The highest BCUT2D eigenvalue weighted by atomic mass is 14.9. The topological polar surface area (TPSA) is 12.0 Å². The molecule has 0 radical (unpaired) electrons. The second kappa shape index (κ2) is 5.38. The average molecular weight is 261 g/mol. The highest BCUT2D eigenvalue weighted by Crippen LogP contribution is 2.24. The van der Waals surface area contributed by atoms with Crippen LogP contribution in [0.15, 0.2) is 66.9 Å². The van der Waals surface area contributed by atoms with E-state index in [0.29, 0.717) is 0 Å². The van der Waals surface area contributed by atoms with Gasteiger partial charge < -0.3 is 5.32 Å². The van der Waals surface area contributed by atoms with E-state index < -0.39 is 0 Å². The van der Waals surface area contributed by atoms with Gasteiger partial charge in [-0.25, -0.2) is 0 Å². The van der Waals surface area contributed by atoms with E-state index in [1.54, 1.807) is 0 Å². The highest BCUT2D eigenvalue weighted by molar-refractivity contribution is 5.75. The van der Waals surface area contributed by atoms with Crippen LogP contribution in [0.1, 0.15) is 28.3 Å². The number of hydrogen-bond donors (Lipinski definition) is 1. The molecule has 1 aliphatic rings. The van der Waals surface area contributed by atoms with Gasteiger partial charge in [-0.2, -0.15) is 0 Å². The van der Waals surface area contributed by atoms with Gasteiger partial charge >= 0.3 is 0 Å². The van der Waals surface area contributed by atoms with Gasteiger partial charge in [0.1, 0.15) is 0 Å². The third-order valence-corrected chi connectivity index (χ3v) is 3.71. The number of allylic oxidation sites excluding steroid dienone is 2. The lowest BCUT2D eigenvalue weighted by atomic mass is 9.98. The van der Waals surface area contributed by atoms with Gasteiger partial charge in [-0.3, -0.25) is 0 Å². The first kappa shape index (κ1) is 12.7. The van der Waals surface area contributed by atoms with Crippen molar-refractivity contribution in [2.24, 2.45) is 0 Å². The highest BCUT2D eigenvalue weighted by Gasteiger charge is 2.10. The predicted molar refractivity (Wildman–Crippen MR) is 85.4 cm³/mol. The largest absolute Gasteiger partial charge is 0.380 e. The van der Waals surface area contributed by atoms with E-state index in [4.69, 9.17) is 0 Å². The number of rotatable bonds is 2. The maximum absolute atomic E-state index is 3.47. The summed E-state index contributed by atoms with van der Waals surface area (Å²) in [6, 6.07) is 17.6. The van der Waals surface area contributed by atoms with Crippen molar-refractivity contribution in [2.75, 3.05) is 0 Å². The molecule has 1 heterocycles. The minimum Gasteiger partial charge on any atom is -0.380 e. The third kappa shape index (κ3) is 2.67. The van der Waals surface area contributed by atoms with E-state index >= 15 is 0 Å². The van der Waals surface area contributed by atoms with Gasteiger partial charge in [0.15, 0.2) is 0 Å². The van der Waals surface area contributed by atoms with E-state index in [2.05, 4.69) is 86.0 Å². The molecule has 0 saturated carbocycles. The summed E-state index contributed by atoms with van der Waals surface area (Å²) < 4.78 is 0. The number of nitrogens with one attached hydrogen (secondary N) is 1. The molecule has 1 N–H and O–H groups in total. The number of dihydropyridines is 1. The minimum atomic E-state index is 0.268. The molecule has 100 valence electrons. The number of aryl methyl sites for hydroxylation is 2. The van der Waals surface area contributed by atoms with Crippen molar-refractivity contribution >= 4 is 5.57 Å². The lowest BCUT2D eigenvalue weighted by molar-refractivity contribution is 0.749. The second-order valence-electron chi connectivity index (χ2n) is 5.38. The molecule has 0 fully saturated rings. The summed E-state index contributed by atoms with van der Waals surface area (Å²) >= 11 is 0. The van der Waals surface area contributed by atoms with Gasteiger partial charge in [0.05, 0.1) is 6.04 Å². The van der Waals surface area contributed by atoms with E-state index in [-0.39, 0.29) is 6.04 Å². The summed E-state index contributed by atoms with van der Waals surface area (Å²) in [5, 5.41) is 3.47. The van der Waals surface area contributed by atoms with Crippen LogP contribution in [0, 0.1) is 13.8 Å².